The third-order valence-corrected chi connectivity index (χ3v) is 7.65. The van der Waals surface area contributed by atoms with Crippen molar-refractivity contribution in [3.05, 3.63) is 95.6 Å². The van der Waals surface area contributed by atoms with Crippen molar-refractivity contribution in [2.24, 2.45) is 0 Å². The van der Waals surface area contributed by atoms with E-state index in [1.54, 1.807) is 45.0 Å². The molecule has 0 aliphatic heterocycles. The maximum atomic E-state index is 13.7. The van der Waals surface area contributed by atoms with Gasteiger partial charge in [0.05, 0.1) is 10.6 Å². The van der Waals surface area contributed by atoms with Gasteiger partial charge in [-0.1, -0.05) is 29.8 Å². The molecule has 0 spiro atoms. The molecule has 0 heterocycles. The molecule has 7 nitrogen and oxygen atoms in total. The van der Waals surface area contributed by atoms with Gasteiger partial charge in [-0.05, 0) is 81.8 Å². The van der Waals surface area contributed by atoms with Crippen molar-refractivity contribution in [1.29, 1.82) is 0 Å². The van der Waals surface area contributed by atoms with Crippen molar-refractivity contribution < 1.29 is 26.8 Å². The van der Waals surface area contributed by atoms with Crippen LogP contribution in [-0.2, 0) is 26.2 Å². The highest BCUT2D eigenvalue weighted by molar-refractivity contribution is 7.92. The van der Waals surface area contributed by atoms with E-state index in [0.29, 0.717) is 5.56 Å². The van der Waals surface area contributed by atoms with E-state index in [2.05, 4.69) is 5.32 Å². The summed E-state index contributed by atoms with van der Waals surface area (Å²) in [5, 5.41) is 2.77. The number of hydrogen-bond acceptors (Lipinski definition) is 4. The molecule has 1 N–H and O–H groups in total. The lowest BCUT2D eigenvalue weighted by atomic mass is 10.1. The molecule has 0 aliphatic rings. The Labute approximate surface area is 222 Å². The van der Waals surface area contributed by atoms with Gasteiger partial charge in [-0.15, -0.1) is 0 Å². The summed E-state index contributed by atoms with van der Waals surface area (Å²) in [6, 6.07) is 15.2. The van der Waals surface area contributed by atoms with Crippen LogP contribution in [0.4, 0.5) is 14.5 Å². The van der Waals surface area contributed by atoms with Crippen molar-refractivity contribution in [2.75, 3.05) is 10.8 Å². The Morgan fingerprint density at radius 3 is 1.89 bits per heavy atom. The molecule has 0 bridgehead atoms. The quantitative estimate of drug-likeness (QED) is 0.411. The lowest BCUT2D eigenvalue weighted by molar-refractivity contribution is -0.139. The zero-order valence-corrected chi connectivity index (χ0v) is 22.5. The van der Waals surface area contributed by atoms with E-state index in [1.807, 2.05) is 6.92 Å². The minimum absolute atomic E-state index is 0.0515. The highest BCUT2D eigenvalue weighted by Crippen LogP contribution is 2.25. The molecule has 3 aromatic rings. The van der Waals surface area contributed by atoms with Crippen LogP contribution in [0.25, 0.3) is 0 Å². The first-order valence-corrected chi connectivity index (χ1v) is 13.5. The van der Waals surface area contributed by atoms with E-state index in [1.165, 1.54) is 29.2 Å². The van der Waals surface area contributed by atoms with E-state index in [4.69, 9.17) is 0 Å². The molecule has 3 rings (SSSR count). The monoisotopic (exact) mass is 543 g/mol. The number of carbonyl (C=O) groups is 2. The second kappa shape index (κ2) is 12.2. The SMILES string of the molecule is Cc1ccc(N(CC(=O)N(Cc2ccc(F)cc2)[C@H](C)C(=O)NC(C)C)S(=O)(=O)c2ccc(F)cc2)cc1. The van der Waals surface area contributed by atoms with Crippen molar-refractivity contribution in [1.82, 2.24) is 10.2 Å². The van der Waals surface area contributed by atoms with E-state index < -0.39 is 46.1 Å². The van der Waals surface area contributed by atoms with Gasteiger partial charge in [-0.3, -0.25) is 13.9 Å². The van der Waals surface area contributed by atoms with Gasteiger partial charge in [0.15, 0.2) is 0 Å². The molecule has 38 heavy (non-hydrogen) atoms. The molecule has 0 aromatic heterocycles. The molecule has 1 atom stereocenters. The minimum atomic E-state index is -4.29. The molecular weight excluding hydrogens is 512 g/mol. The van der Waals surface area contributed by atoms with Crippen LogP contribution in [0.1, 0.15) is 31.9 Å². The Balaban J connectivity index is 2.02. The first-order chi connectivity index (χ1) is 17.9. The summed E-state index contributed by atoms with van der Waals surface area (Å²) in [5.74, 6) is -2.11. The largest absolute Gasteiger partial charge is 0.352 e. The number of amides is 2. The van der Waals surface area contributed by atoms with E-state index >= 15 is 0 Å². The van der Waals surface area contributed by atoms with Crippen molar-refractivity contribution in [3.8, 4) is 0 Å². The number of nitrogens with zero attached hydrogens (tertiary/aromatic N) is 2. The summed E-state index contributed by atoms with van der Waals surface area (Å²) >= 11 is 0. The third-order valence-electron chi connectivity index (χ3n) is 5.87. The lowest BCUT2D eigenvalue weighted by Crippen LogP contribution is -2.52. The molecule has 202 valence electrons. The molecule has 0 saturated carbocycles. The number of halogens is 2. The number of aryl methyl sites for hydroxylation is 1. The molecule has 0 aliphatic carbocycles. The molecule has 10 heteroatoms. The number of hydrogen-bond donors (Lipinski definition) is 1. The highest BCUT2D eigenvalue weighted by Gasteiger charge is 2.32. The van der Waals surface area contributed by atoms with Crippen molar-refractivity contribution in [2.45, 2.75) is 51.2 Å². The van der Waals surface area contributed by atoms with Gasteiger partial charge in [0.1, 0.15) is 24.2 Å². The second-order valence-electron chi connectivity index (χ2n) is 9.29. The summed E-state index contributed by atoms with van der Waals surface area (Å²) < 4.78 is 55.2. The average Bonchev–Trinajstić information content (AvgIpc) is 2.87. The summed E-state index contributed by atoms with van der Waals surface area (Å²) in [7, 11) is -4.29. The van der Waals surface area contributed by atoms with Gasteiger partial charge in [0.2, 0.25) is 11.8 Å². The zero-order valence-electron chi connectivity index (χ0n) is 21.7. The summed E-state index contributed by atoms with van der Waals surface area (Å²) in [6.45, 7) is 6.28. The summed E-state index contributed by atoms with van der Waals surface area (Å²) in [6.07, 6.45) is 0. The molecule has 0 fully saturated rings. The smallest absolute Gasteiger partial charge is 0.264 e. The zero-order chi connectivity index (χ0) is 28.0. The van der Waals surface area contributed by atoms with Gasteiger partial charge in [-0.2, -0.15) is 0 Å². The average molecular weight is 544 g/mol. The van der Waals surface area contributed by atoms with Crippen LogP contribution >= 0.6 is 0 Å². The van der Waals surface area contributed by atoms with Crippen molar-refractivity contribution in [3.63, 3.8) is 0 Å². The van der Waals surface area contributed by atoms with Gasteiger partial charge in [0, 0.05) is 12.6 Å². The highest BCUT2D eigenvalue weighted by atomic mass is 32.2. The number of anilines is 1. The fraction of sp³-hybridized carbons (Fsp3) is 0.286. The number of rotatable bonds is 10. The van der Waals surface area contributed by atoms with Gasteiger partial charge >= 0.3 is 0 Å². The van der Waals surface area contributed by atoms with Crippen LogP contribution in [0.2, 0.25) is 0 Å². The molecule has 0 unspecified atom stereocenters. The Kier molecular flexibility index (Phi) is 9.22. The fourth-order valence-corrected chi connectivity index (χ4v) is 5.16. The molecule has 0 saturated heterocycles. The summed E-state index contributed by atoms with van der Waals surface area (Å²) in [5.41, 5.74) is 1.68. The normalized spacial score (nSPS) is 12.2. The Morgan fingerprint density at radius 2 is 1.37 bits per heavy atom. The van der Waals surface area contributed by atoms with E-state index in [-0.39, 0.29) is 23.2 Å². The molecule has 2 amide bonds. The van der Waals surface area contributed by atoms with E-state index in [9.17, 15) is 26.8 Å². The Hall–Kier alpha value is -3.79. The first-order valence-electron chi connectivity index (χ1n) is 12.1. The minimum Gasteiger partial charge on any atom is -0.352 e. The molecule has 0 radical (unpaired) electrons. The maximum Gasteiger partial charge on any atom is 0.264 e. The van der Waals surface area contributed by atoms with Gasteiger partial charge < -0.3 is 10.2 Å². The Morgan fingerprint density at radius 1 is 0.842 bits per heavy atom. The second-order valence-corrected chi connectivity index (χ2v) is 11.2. The molecular formula is C28H31F2N3O4S. The van der Waals surface area contributed by atoms with Gasteiger partial charge in [0.25, 0.3) is 10.0 Å². The standard InChI is InChI=1S/C28H31F2N3O4S/c1-19(2)31-28(35)21(4)32(17-22-7-9-23(29)10-8-22)27(34)18-33(25-13-5-20(3)6-14-25)38(36,37)26-15-11-24(30)12-16-26/h5-16,19,21H,17-18H2,1-4H3,(H,31,35)/t21-/m1/s1. The van der Waals surface area contributed by atoms with Gasteiger partial charge in [-0.25, -0.2) is 17.2 Å². The number of sulfonamides is 1. The number of nitrogens with one attached hydrogen (secondary N) is 1. The predicted molar refractivity (Wildman–Crippen MR) is 142 cm³/mol. The number of carbonyl (C=O) groups excluding carboxylic acids is 2. The van der Waals surface area contributed by atoms with Crippen LogP contribution in [0, 0.1) is 18.6 Å². The maximum absolute atomic E-state index is 13.7. The summed E-state index contributed by atoms with van der Waals surface area (Å²) in [4.78, 5) is 27.7. The van der Waals surface area contributed by atoms with Crippen LogP contribution in [0.5, 0.6) is 0 Å². The van der Waals surface area contributed by atoms with Crippen LogP contribution in [0.3, 0.4) is 0 Å². The predicted octanol–water partition coefficient (Wildman–Crippen LogP) is 4.41. The third kappa shape index (κ3) is 7.16. The fourth-order valence-electron chi connectivity index (χ4n) is 3.75. The van der Waals surface area contributed by atoms with Crippen LogP contribution in [0.15, 0.2) is 77.7 Å². The topological polar surface area (TPSA) is 86.8 Å². The van der Waals surface area contributed by atoms with E-state index in [0.717, 1.165) is 34.1 Å². The number of benzene rings is 3. The molecule has 3 aromatic carbocycles. The Bertz CT molecular complexity index is 1360. The first kappa shape index (κ1) is 28.8. The lowest BCUT2D eigenvalue weighted by Gasteiger charge is -2.32. The van der Waals surface area contributed by atoms with Crippen LogP contribution in [-0.4, -0.2) is 43.8 Å². The van der Waals surface area contributed by atoms with Crippen LogP contribution < -0.4 is 9.62 Å². The van der Waals surface area contributed by atoms with Crippen molar-refractivity contribution >= 4 is 27.5 Å².